The molecule has 2 aliphatic heterocycles. The third-order valence-corrected chi connectivity index (χ3v) is 3.77. The van der Waals surface area contributed by atoms with Gasteiger partial charge in [-0.15, -0.1) is 0 Å². The Kier molecular flexibility index (Phi) is 3.83. The first-order chi connectivity index (χ1) is 6.34. The summed E-state index contributed by atoms with van der Waals surface area (Å²) in [6.07, 6.45) is 3.06. The van der Waals surface area contributed by atoms with Crippen LogP contribution in [-0.4, -0.2) is 53.4 Å². The fraction of sp³-hybridized carbons (Fsp3) is 1.00. The largest absolute Gasteiger partial charge is 0.377 e. The highest BCUT2D eigenvalue weighted by Gasteiger charge is 2.21. The van der Waals surface area contributed by atoms with Crippen LogP contribution in [0.15, 0.2) is 0 Å². The summed E-state index contributed by atoms with van der Waals surface area (Å²) in [5, 5.41) is 0. The second-order valence-corrected chi connectivity index (χ2v) is 5.21. The molecule has 0 aromatic heterocycles. The normalized spacial score (nSPS) is 32.5. The van der Waals surface area contributed by atoms with Crippen molar-refractivity contribution in [2.75, 3.05) is 39.3 Å². The highest BCUT2D eigenvalue weighted by atomic mass is 127. The molecule has 13 heavy (non-hydrogen) atoms. The van der Waals surface area contributed by atoms with Gasteiger partial charge in [-0.2, -0.15) is 0 Å². The van der Waals surface area contributed by atoms with Crippen molar-refractivity contribution in [2.24, 2.45) is 0 Å². The van der Waals surface area contributed by atoms with E-state index in [2.05, 4.69) is 30.9 Å². The molecule has 2 saturated heterocycles. The van der Waals surface area contributed by atoms with Crippen LogP contribution in [0.5, 0.6) is 0 Å². The number of hydrogen-bond donors (Lipinski definition) is 0. The number of rotatable bonds is 2. The van der Waals surface area contributed by atoms with Gasteiger partial charge in [-0.05, 0) is 12.8 Å². The monoisotopic (exact) mass is 296 g/mol. The van der Waals surface area contributed by atoms with Crippen molar-refractivity contribution in [1.29, 1.82) is 0 Å². The standard InChI is InChI=1S/C9H17IN2O/c10-12-5-3-11(4-6-12)8-9-2-1-7-13-9/h9H,1-8H2. The van der Waals surface area contributed by atoms with Gasteiger partial charge in [-0.3, -0.25) is 4.90 Å². The first kappa shape index (κ1) is 10.1. The predicted molar refractivity (Wildman–Crippen MR) is 61.0 cm³/mol. The van der Waals surface area contributed by atoms with Gasteiger partial charge in [-0.25, -0.2) is 3.11 Å². The summed E-state index contributed by atoms with van der Waals surface area (Å²) in [6.45, 7) is 6.97. The third-order valence-electron chi connectivity index (χ3n) is 2.80. The van der Waals surface area contributed by atoms with Crippen LogP contribution in [0, 0.1) is 0 Å². The van der Waals surface area contributed by atoms with Crippen LogP contribution in [0.25, 0.3) is 0 Å². The minimum absolute atomic E-state index is 0.528. The number of ether oxygens (including phenoxy) is 1. The van der Waals surface area contributed by atoms with Crippen LogP contribution >= 0.6 is 22.9 Å². The molecule has 0 aromatic rings. The van der Waals surface area contributed by atoms with Crippen molar-refractivity contribution in [3.8, 4) is 0 Å². The Bertz CT molecular complexity index is 154. The molecule has 0 spiro atoms. The lowest BCUT2D eigenvalue weighted by atomic mass is 10.2. The second kappa shape index (κ2) is 4.91. The highest BCUT2D eigenvalue weighted by Crippen LogP contribution is 2.15. The summed E-state index contributed by atoms with van der Waals surface area (Å²) in [6, 6.07) is 0. The van der Waals surface area contributed by atoms with Gasteiger partial charge in [0.1, 0.15) is 0 Å². The maximum absolute atomic E-state index is 5.63. The van der Waals surface area contributed by atoms with Crippen molar-refractivity contribution < 1.29 is 4.74 Å². The zero-order valence-corrected chi connectivity index (χ0v) is 10.1. The zero-order chi connectivity index (χ0) is 9.10. The molecule has 0 N–H and O–H groups in total. The molecular formula is C9H17IN2O. The first-order valence-electron chi connectivity index (χ1n) is 5.09. The van der Waals surface area contributed by atoms with Gasteiger partial charge >= 0.3 is 0 Å². The third kappa shape index (κ3) is 3.04. The summed E-state index contributed by atoms with van der Waals surface area (Å²) in [5.41, 5.74) is 0. The van der Waals surface area contributed by atoms with E-state index < -0.39 is 0 Å². The molecule has 3 nitrogen and oxygen atoms in total. The molecule has 2 rings (SSSR count). The smallest absolute Gasteiger partial charge is 0.0702 e. The van der Waals surface area contributed by atoms with Crippen LogP contribution in [0.3, 0.4) is 0 Å². The van der Waals surface area contributed by atoms with E-state index in [0.29, 0.717) is 6.10 Å². The van der Waals surface area contributed by atoms with E-state index >= 15 is 0 Å². The fourth-order valence-electron chi connectivity index (χ4n) is 1.98. The lowest BCUT2D eigenvalue weighted by molar-refractivity contribution is 0.0641. The second-order valence-electron chi connectivity index (χ2n) is 3.85. The van der Waals surface area contributed by atoms with Crippen molar-refractivity contribution in [1.82, 2.24) is 8.01 Å². The van der Waals surface area contributed by atoms with Gasteiger partial charge in [0.25, 0.3) is 0 Å². The quantitative estimate of drug-likeness (QED) is 0.561. The lowest BCUT2D eigenvalue weighted by Gasteiger charge is -2.32. The Morgan fingerprint density at radius 1 is 1.23 bits per heavy atom. The summed E-state index contributed by atoms with van der Waals surface area (Å²) in [7, 11) is 0. The van der Waals surface area contributed by atoms with Gasteiger partial charge in [0.15, 0.2) is 0 Å². The predicted octanol–water partition coefficient (Wildman–Crippen LogP) is 1.13. The lowest BCUT2D eigenvalue weighted by Crippen LogP contribution is -2.45. The molecule has 2 fully saturated rings. The topological polar surface area (TPSA) is 15.7 Å². The van der Waals surface area contributed by atoms with Gasteiger partial charge in [0.2, 0.25) is 0 Å². The van der Waals surface area contributed by atoms with E-state index in [1.165, 1.54) is 39.0 Å². The molecule has 0 aromatic carbocycles. The number of halogens is 1. The molecule has 0 bridgehead atoms. The van der Waals surface area contributed by atoms with Crippen molar-refractivity contribution in [3.63, 3.8) is 0 Å². The van der Waals surface area contributed by atoms with E-state index in [1.54, 1.807) is 0 Å². The molecule has 0 saturated carbocycles. The molecule has 0 aliphatic carbocycles. The molecule has 1 unspecified atom stereocenters. The molecule has 0 radical (unpaired) electrons. The van der Waals surface area contributed by atoms with Gasteiger partial charge in [-0.1, -0.05) is 0 Å². The molecule has 0 amide bonds. The van der Waals surface area contributed by atoms with E-state index in [-0.39, 0.29) is 0 Å². The van der Waals surface area contributed by atoms with Crippen molar-refractivity contribution >= 4 is 22.9 Å². The SMILES string of the molecule is IN1CCN(CC2CCCO2)CC1. The van der Waals surface area contributed by atoms with E-state index in [9.17, 15) is 0 Å². The van der Waals surface area contributed by atoms with E-state index in [0.717, 1.165) is 13.2 Å². The molecule has 4 heteroatoms. The van der Waals surface area contributed by atoms with Crippen LogP contribution in [0.1, 0.15) is 12.8 Å². The van der Waals surface area contributed by atoms with Crippen LogP contribution < -0.4 is 0 Å². The Balaban J connectivity index is 1.69. The minimum atomic E-state index is 0.528. The number of piperazine rings is 1. The summed E-state index contributed by atoms with van der Waals surface area (Å²) in [5.74, 6) is 0. The molecule has 2 heterocycles. The molecular weight excluding hydrogens is 279 g/mol. The average Bonchev–Trinajstić information content (AvgIpc) is 2.62. The summed E-state index contributed by atoms with van der Waals surface area (Å²) in [4.78, 5) is 2.53. The van der Waals surface area contributed by atoms with Gasteiger partial charge in [0, 0.05) is 62.2 Å². The number of hydrogen-bond acceptors (Lipinski definition) is 3. The van der Waals surface area contributed by atoms with Crippen molar-refractivity contribution in [3.05, 3.63) is 0 Å². The maximum Gasteiger partial charge on any atom is 0.0702 e. The van der Waals surface area contributed by atoms with E-state index in [4.69, 9.17) is 4.74 Å². The van der Waals surface area contributed by atoms with E-state index in [1.807, 2.05) is 0 Å². The zero-order valence-electron chi connectivity index (χ0n) is 7.91. The highest BCUT2D eigenvalue weighted by molar-refractivity contribution is 14.1. The molecule has 76 valence electrons. The average molecular weight is 296 g/mol. The number of nitrogens with zero attached hydrogens (tertiary/aromatic N) is 2. The van der Waals surface area contributed by atoms with Gasteiger partial charge < -0.3 is 4.74 Å². The first-order valence-corrected chi connectivity index (χ1v) is 6.06. The fourth-order valence-corrected chi connectivity index (χ4v) is 2.41. The Morgan fingerprint density at radius 2 is 2.00 bits per heavy atom. The summed E-state index contributed by atoms with van der Waals surface area (Å²) < 4.78 is 7.99. The summed E-state index contributed by atoms with van der Waals surface area (Å²) >= 11 is 2.41. The van der Waals surface area contributed by atoms with Crippen LogP contribution in [-0.2, 0) is 4.74 Å². The van der Waals surface area contributed by atoms with Gasteiger partial charge in [0.05, 0.1) is 6.10 Å². The Hall–Kier alpha value is 0.610. The maximum atomic E-state index is 5.63. The Morgan fingerprint density at radius 3 is 2.62 bits per heavy atom. The minimum Gasteiger partial charge on any atom is -0.377 e. The Labute approximate surface area is 93.9 Å². The van der Waals surface area contributed by atoms with Crippen LogP contribution in [0.2, 0.25) is 0 Å². The van der Waals surface area contributed by atoms with Crippen molar-refractivity contribution in [2.45, 2.75) is 18.9 Å². The molecule has 2 aliphatic rings. The van der Waals surface area contributed by atoms with Crippen LogP contribution in [0.4, 0.5) is 0 Å². The molecule has 1 atom stereocenters.